The predicted octanol–water partition coefficient (Wildman–Crippen LogP) is 4.06. The van der Waals surface area contributed by atoms with E-state index in [1.807, 2.05) is 42.6 Å². The second-order valence-electron chi connectivity index (χ2n) is 6.39. The van der Waals surface area contributed by atoms with E-state index in [0.29, 0.717) is 17.9 Å². The summed E-state index contributed by atoms with van der Waals surface area (Å²) in [6, 6.07) is 15.7. The molecule has 1 unspecified atom stereocenters. The number of carbonyl (C=O) groups is 2. The lowest BCUT2D eigenvalue weighted by Gasteiger charge is -2.18. The number of hydrogen-bond donors (Lipinski definition) is 1. The van der Waals surface area contributed by atoms with E-state index in [0.717, 1.165) is 16.3 Å². The van der Waals surface area contributed by atoms with Gasteiger partial charge in [-0.1, -0.05) is 30.3 Å². The Morgan fingerprint density at radius 2 is 1.83 bits per heavy atom. The summed E-state index contributed by atoms with van der Waals surface area (Å²) in [5.41, 5.74) is 2.19. The van der Waals surface area contributed by atoms with Gasteiger partial charge >= 0.3 is 5.97 Å². The van der Waals surface area contributed by atoms with Gasteiger partial charge in [0.25, 0.3) is 5.91 Å². The highest BCUT2D eigenvalue weighted by atomic mass is 32.1. The van der Waals surface area contributed by atoms with Crippen molar-refractivity contribution in [3.8, 4) is 5.75 Å². The number of amides is 1. The number of nitrogens with zero attached hydrogens (tertiary/aromatic N) is 1. The van der Waals surface area contributed by atoms with Crippen molar-refractivity contribution in [3.05, 3.63) is 81.8 Å². The van der Waals surface area contributed by atoms with Crippen LogP contribution in [0.1, 0.15) is 39.1 Å². The Kier molecular flexibility index (Phi) is 6.97. The Balaban J connectivity index is 1.64. The highest BCUT2D eigenvalue weighted by Gasteiger charge is 2.19. The molecule has 150 valence electrons. The Bertz CT molecular complexity index is 954. The summed E-state index contributed by atoms with van der Waals surface area (Å²) >= 11 is 1.58. The van der Waals surface area contributed by atoms with Gasteiger partial charge < -0.3 is 14.8 Å². The molecule has 3 aromatic rings. The number of hydrogen-bond acceptors (Lipinski definition) is 6. The van der Waals surface area contributed by atoms with Crippen LogP contribution in [0.25, 0.3) is 0 Å². The van der Waals surface area contributed by atoms with Crippen LogP contribution in [0.5, 0.6) is 5.75 Å². The van der Waals surface area contributed by atoms with Crippen molar-refractivity contribution in [1.82, 2.24) is 10.3 Å². The minimum Gasteiger partial charge on any atom is -0.487 e. The molecule has 1 atom stereocenters. The third-order valence-corrected chi connectivity index (χ3v) is 5.10. The first kappa shape index (κ1) is 20.5. The molecule has 6 nitrogen and oxygen atoms in total. The maximum Gasteiger partial charge on any atom is 0.307 e. The van der Waals surface area contributed by atoms with E-state index in [9.17, 15) is 9.59 Å². The zero-order valence-electron chi connectivity index (χ0n) is 16.3. The van der Waals surface area contributed by atoms with Crippen molar-refractivity contribution in [2.45, 2.75) is 26.0 Å². The summed E-state index contributed by atoms with van der Waals surface area (Å²) in [6.07, 6.45) is 0.0561. The van der Waals surface area contributed by atoms with Gasteiger partial charge in [-0.15, -0.1) is 11.3 Å². The third-order valence-electron chi connectivity index (χ3n) is 4.28. The summed E-state index contributed by atoms with van der Waals surface area (Å²) in [5, 5.41) is 5.86. The molecule has 3 rings (SSSR count). The molecule has 0 saturated carbocycles. The number of carbonyl (C=O) groups excluding carboxylic acids is 2. The maximum absolute atomic E-state index is 12.7. The molecule has 0 spiro atoms. The minimum absolute atomic E-state index is 0.0561. The van der Waals surface area contributed by atoms with E-state index in [2.05, 4.69) is 10.3 Å². The molecule has 0 fully saturated rings. The summed E-state index contributed by atoms with van der Waals surface area (Å²) in [4.78, 5) is 28.8. The van der Waals surface area contributed by atoms with Crippen LogP contribution < -0.4 is 10.1 Å². The van der Waals surface area contributed by atoms with Crippen LogP contribution in [0.2, 0.25) is 0 Å². The first-order valence-corrected chi connectivity index (χ1v) is 9.99. The molecule has 7 heteroatoms. The predicted molar refractivity (Wildman–Crippen MR) is 111 cm³/mol. The number of aromatic nitrogens is 1. The van der Waals surface area contributed by atoms with Crippen LogP contribution in [-0.4, -0.2) is 24.0 Å². The number of ether oxygens (including phenoxy) is 2. The van der Waals surface area contributed by atoms with Gasteiger partial charge in [-0.25, -0.2) is 4.98 Å². The molecule has 0 aliphatic rings. The van der Waals surface area contributed by atoms with Crippen LogP contribution in [0.3, 0.4) is 0 Å². The molecular formula is C22H22N2O4S. The smallest absolute Gasteiger partial charge is 0.307 e. The molecule has 1 N–H and O–H groups in total. The Hall–Kier alpha value is -3.19. The normalized spacial score (nSPS) is 11.5. The van der Waals surface area contributed by atoms with Crippen LogP contribution in [-0.2, 0) is 16.1 Å². The number of rotatable bonds is 8. The highest BCUT2D eigenvalue weighted by molar-refractivity contribution is 7.09. The zero-order valence-corrected chi connectivity index (χ0v) is 17.1. The fraction of sp³-hybridized carbons (Fsp3) is 0.227. The Morgan fingerprint density at radius 3 is 2.45 bits per heavy atom. The van der Waals surface area contributed by atoms with Gasteiger partial charge in [0.2, 0.25) is 0 Å². The Labute approximate surface area is 173 Å². The SMILES string of the molecule is COC(=O)CC(NC(=O)c1ccc(OCc2csc(C)n2)cc1)c1ccccc1. The van der Waals surface area contributed by atoms with Gasteiger partial charge in [0.15, 0.2) is 0 Å². The van der Waals surface area contributed by atoms with Crippen molar-refractivity contribution >= 4 is 23.2 Å². The minimum atomic E-state index is -0.472. The number of esters is 1. The number of benzene rings is 2. The van der Waals surface area contributed by atoms with Crippen molar-refractivity contribution < 1.29 is 19.1 Å². The number of methoxy groups -OCH3 is 1. The van der Waals surface area contributed by atoms with E-state index < -0.39 is 6.04 Å². The van der Waals surface area contributed by atoms with Gasteiger partial charge in [-0.3, -0.25) is 9.59 Å². The molecule has 1 aromatic heterocycles. The van der Waals surface area contributed by atoms with E-state index in [1.165, 1.54) is 7.11 Å². The van der Waals surface area contributed by atoms with E-state index in [4.69, 9.17) is 9.47 Å². The van der Waals surface area contributed by atoms with Gasteiger partial charge in [-0.2, -0.15) is 0 Å². The average Bonchev–Trinajstić information content (AvgIpc) is 3.17. The lowest BCUT2D eigenvalue weighted by atomic mass is 10.0. The van der Waals surface area contributed by atoms with E-state index in [1.54, 1.807) is 35.6 Å². The topological polar surface area (TPSA) is 77.5 Å². The standard InChI is InChI=1S/C22H22N2O4S/c1-15-23-18(14-29-15)13-28-19-10-8-17(9-11-19)22(26)24-20(12-21(25)27-2)16-6-4-3-5-7-16/h3-11,14,20H,12-13H2,1-2H3,(H,24,26). The molecule has 0 saturated heterocycles. The summed E-state index contributed by atoms with van der Waals surface area (Å²) in [7, 11) is 1.33. The molecule has 1 amide bonds. The van der Waals surface area contributed by atoms with Gasteiger partial charge in [-0.05, 0) is 36.8 Å². The van der Waals surface area contributed by atoms with Crippen molar-refractivity contribution in [3.63, 3.8) is 0 Å². The van der Waals surface area contributed by atoms with Crippen molar-refractivity contribution in [1.29, 1.82) is 0 Å². The summed E-state index contributed by atoms with van der Waals surface area (Å²) in [6.45, 7) is 2.33. The largest absolute Gasteiger partial charge is 0.487 e. The van der Waals surface area contributed by atoms with Crippen molar-refractivity contribution in [2.75, 3.05) is 7.11 Å². The molecule has 0 aliphatic heterocycles. The fourth-order valence-corrected chi connectivity index (χ4v) is 3.36. The molecule has 2 aromatic carbocycles. The van der Waals surface area contributed by atoms with Gasteiger partial charge in [0.05, 0.1) is 30.3 Å². The molecule has 1 heterocycles. The molecular weight excluding hydrogens is 388 g/mol. The molecule has 0 aliphatic carbocycles. The summed E-state index contributed by atoms with van der Waals surface area (Å²) in [5.74, 6) is -0.00835. The van der Waals surface area contributed by atoms with Crippen LogP contribution >= 0.6 is 11.3 Å². The lowest BCUT2D eigenvalue weighted by molar-refractivity contribution is -0.141. The van der Waals surface area contributed by atoms with E-state index >= 15 is 0 Å². The fourth-order valence-electron chi connectivity index (χ4n) is 2.76. The number of aryl methyl sites for hydroxylation is 1. The van der Waals surface area contributed by atoms with Crippen LogP contribution in [0, 0.1) is 6.92 Å². The summed E-state index contributed by atoms with van der Waals surface area (Å²) < 4.78 is 10.5. The molecule has 0 bridgehead atoms. The lowest BCUT2D eigenvalue weighted by Crippen LogP contribution is -2.30. The quantitative estimate of drug-likeness (QED) is 0.567. The number of nitrogens with one attached hydrogen (secondary N) is 1. The highest BCUT2D eigenvalue weighted by Crippen LogP contribution is 2.19. The molecule has 29 heavy (non-hydrogen) atoms. The monoisotopic (exact) mass is 410 g/mol. The van der Waals surface area contributed by atoms with Crippen LogP contribution in [0.15, 0.2) is 60.0 Å². The van der Waals surface area contributed by atoms with Gasteiger partial charge in [0.1, 0.15) is 12.4 Å². The second kappa shape index (κ2) is 9.84. The third kappa shape index (κ3) is 5.89. The maximum atomic E-state index is 12.7. The first-order valence-electron chi connectivity index (χ1n) is 9.11. The second-order valence-corrected chi connectivity index (χ2v) is 7.45. The average molecular weight is 410 g/mol. The first-order chi connectivity index (χ1) is 14.0. The van der Waals surface area contributed by atoms with Crippen molar-refractivity contribution in [2.24, 2.45) is 0 Å². The number of thiazole rings is 1. The Morgan fingerprint density at radius 1 is 1.10 bits per heavy atom. The van der Waals surface area contributed by atoms with Crippen LogP contribution in [0.4, 0.5) is 0 Å². The van der Waals surface area contributed by atoms with Gasteiger partial charge in [0, 0.05) is 10.9 Å². The molecule has 0 radical (unpaired) electrons. The van der Waals surface area contributed by atoms with E-state index in [-0.39, 0.29) is 18.3 Å². The zero-order chi connectivity index (χ0) is 20.6.